The Morgan fingerprint density at radius 3 is 2.67 bits per heavy atom. The number of hydrogen-bond donors (Lipinski definition) is 1. The molecule has 2 aromatic rings. The van der Waals surface area contributed by atoms with Crippen molar-refractivity contribution in [1.29, 1.82) is 0 Å². The molecule has 0 aliphatic carbocycles. The Morgan fingerprint density at radius 2 is 2.10 bits per heavy atom. The first-order chi connectivity index (χ1) is 10.0. The second-order valence-corrected chi connectivity index (χ2v) is 5.41. The highest BCUT2D eigenvalue weighted by Gasteiger charge is 2.26. The van der Waals surface area contributed by atoms with Crippen LogP contribution in [0.1, 0.15) is 37.2 Å². The van der Waals surface area contributed by atoms with E-state index < -0.39 is 11.9 Å². The highest BCUT2D eigenvalue weighted by atomic mass is 35.5. The number of methoxy groups -OCH3 is 1. The van der Waals surface area contributed by atoms with Gasteiger partial charge in [-0.25, -0.2) is 4.39 Å². The van der Waals surface area contributed by atoms with Gasteiger partial charge in [0, 0.05) is 11.6 Å². The van der Waals surface area contributed by atoms with Gasteiger partial charge in [-0.15, -0.1) is 0 Å². The fourth-order valence-electron chi connectivity index (χ4n) is 2.38. The van der Waals surface area contributed by atoms with Crippen LogP contribution in [0.3, 0.4) is 0 Å². The molecule has 0 aliphatic rings. The van der Waals surface area contributed by atoms with Gasteiger partial charge in [0.2, 0.25) is 0 Å². The Morgan fingerprint density at radius 1 is 1.38 bits per heavy atom. The number of halogens is 2. The average molecular weight is 312 g/mol. The zero-order chi connectivity index (χ0) is 15.6. The Labute approximate surface area is 128 Å². The van der Waals surface area contributed by atoms with Gasteiger partial charge in [0.05, 0.1) is 24.4 Å². The molecule has 0 saturated carbocycles. The maximum Gasteiger partial charge on any atom is 0.161 e. The fraction of sp³-hybridized carbons (Fsp3) is 0.400. The summed E-state index contributed by atoms with van der Waals surface area (Å²) in [5.41, 5.74) is 1.24. The lowest BCUT2D eigenvalue weighted by atomic mass is 10.0. The highest BCUT2D eigenvalue weighted by Crippen LogP contribution is 2.34. The Hall–Kier alpha value is -1.59. The molecule has 21 heavy (non-hydrogen) atoms. The lowest BCUT2D eigenvalue weighted by Crippen LogP contribution is -2.24. The summed E-state index contributed by atoms with van der Waals surface area (Å²) < 4.78 is 21.5. The van der Waals surface area contributed by atoms with Crippen LogP contribution in [0.2, 0.25) is 5.02 Å². The smallest absolute Gasteiger partial charge is 0.161 e. The van der Waals surface area contributed by atoms with Gasteiger partial charge >= 0.3 is 0 Å². The number of hydrogen-bond acceptors (Lipinski definition) is 3. The van der Waals surface area contributed by atoms with Crippen LogP contribution in [0.15, 0.2) is 24.4 Å². The molecule has 1 heterocycles. The van der Waals surface area contributed by atoms with Crippen molar-refractivity contribution in [1.82, 2.24) is 15.1 Å². The molecular formula is C15H19ClFN3O. The molecule has 1 atom stereocenters. The van der Waals surface area contributed by atoms with E-state index in [4.69, 9.17) is 16.3 Å². The van der Waals surface area contributed by atoms with Crippen molar-refractivity contribution in [3.05, 3.63) is 46.5 Å². The van der Waals surface area contributed by atoms with E-state index in [2.05, 4.69) is 10.4 Å². The molecule has 1 unspecified atom stereocenters. The van der Waals surface area contributed by atoms with E-state index in [0.29, 0.717) is 11.3 Å². The minimum Gasteiger partial charge on any atom is -0.493 e. The highest BCUT2D eigenvalue weighted by molar-refractivity contribution is 6.30. The fourth-order valence-corrected chi connectivity index (χ4v) is 2.56. The summed E-state index contributed by atoms with van der Waals surface area (Å²) in [5.74, 6) is 0.180. The van der Waals surface area contributed by atoms with Crippen molar-refractivity contribution < 1.29 is 9.13 Å². The van der Waals surface area contributed by atoms with E-state index >= 15 is 0 Å². The van der Waals surface area contributed by atoms with Gasteiger partial charge in [-0.2, -0.15) is 5.10 Å². The second-order valence-electron chi connectivity index (χ2n) is 5.00. The molecule has 0 fully saturated rings. The van der Waals surface area contributed by atoms with Crippen LogP contribution in [-0.4, -0.2) is 23.9 Å². The van der Waals surface area contributed by atoms with Crippen molar-refractivity contribution in [2.45, 2.75) is 25.9 Å². The maximum absolute atomic E-state index is 14.4. The maximum atomic E-state index is 14.4. The van der Waals surface area contributed by atoms with E-state index in [1.165, 1.54) is 6.07 Å². The third-order valence-corrected chi connectivity index (χ3v) is 3.65. The minimum absolute atomic E-state index is 0.0994. The molecule has 0 spiro atoms. The summed E-state index contributed by atoms with van der Waals surface area (Å²) in [6.45, 7) is 4.02. The van der Waals surface area contributed by atoms with Gasteiger partial charge < -0.3 is 10.1 Å². The van der Waals surface area contributed by atoms with Crippen molar-refractivity contribution in [2.24, 2.45) is 0 Å². The number of aromatic nitrogens is 2. The third-order valence-electron chi connectivity index (χ3n) is 3.36. The van der Waals surface area contributed by atoms with Crippen LogP contribution in [0.25, 0.3) is 0 Å². The minimum atomic E-state index is -0.433. The van der Waals surface area contributed by atoms with Crippen LogP contribution in [0, 0.1) is 5.82 Å². The molecule has 1 N–H and O–H groups in total. The molecule has 4 nitrogen and oxygen atoms in total. The zero-order valence-electron chi connectivity index (χ0n) is 12.5. The molecular weight excluding hydrogens is 293 g/mol. The van der Waals surface area contributed by atoms with Crippen LogP contribution in [0.5, 0.6) is 5.75 Å². The third kappa shape index (κ3) is 2.89. The van der Waals surface area contributed by atoms with E-state index in [-0.39, 0.29) is 11.1 Å². The summed E-state index contributed by atoms with van der Waals surface area (Å²) >= 11 is 5.90. The topological polar surface area (TPSA) is 39.1 Å². The first kappa shape index (κ1) is 15.8. The van der Waals surface area contributed by atoms with Crippen molar-refractivity contribution in [3.8, 4) is 5.75 Å². The Balaban J connectivity index is 2.61. The summed E-state index contributed by atoms with van der Waals surface area (Å²) in [4.78, 5) is 0. The molecule has 2 rings (SSSR count). The van der Waals surface area contributed by atoms with Gasteiger partial charge in [-0.3, -0.25) is 4.68 Å². The predicted molar refractivity (Wildman–Crippen MR) is 81.5 cm³/mol. The molecule has 1 aromatic heterocycles. The van der Waals surface area contributed by atoms with E-state index in [9.17, 15) is 4.39 Å². The monoisotopic (exact) mass is 311 g/mol. The largest absolute Gasteiger partial charge is 0.493 e. The molecule has 0 aliphatic heterocycles. The summed E-state index contributed by atoms with van der Waals surface area (Å²) in [5, 5.41) is 7.55. The van der Waals surface area contributed by atoms with E-state index in [1.54, 1.807) is 32.5 Å². The molecule has 0 bridgehead atoms. The molecule has 114 valence electrons. The van der Waals surface area contributed by atoms with E-state index in [0.717, 1.165) is 5.69 Å². The molecule has 6 heteroatoms. The average Bonchev–Trinajstić information content (AvgIpc) is 2.88. The van der Waals surface area contributed by atoms with Crippen molar-refractivity contribution in [3.63, 3.8) is 0 Å². The molecule has 1 aromatic carbocycles. The normalized spacial score (nSPS) is 12.7. The first-order valence-corrected chi connectivity index (χ1v) is 7.11. The summed E-state index contributed by atoms with van der Waals surface area (Å²) in [7, 11) is 3.34. The van der Waals surface area contributed by atoms with Gasteiger partial charge in [-0.1, -0.05) is 23.7 Å². The van der Waals surface area contributed by atoms with Gasteiger partial charge in [0.1, 0.15) is 11.5 Å². The van der Waals surface area contributed by atoms with Gasteiger partial charge in [0.25, 0.3) is 0 Å². The molecule has 0 radical (unpaired) electrons. The second kappa shape index (κ2) is 6.45. The molecule has 0 amide bonds. The summed E-state index contributed by atoms with van der Waals surface area (Å²) in [6, 6.07) is 4.70. The Bertz CT molecular complexity index is 627. The quantitative estimate of drug-likeness (QED) is 0.917. The Kier molecular flexibility index (Phi) is 4.85. The van der Waals surface area contributed by atoms with Crippen LogP contribution in [0.4, 0.5) is 4.39 Å². The van der Waals surface area contributed by atoms with Crippen molar-refractivity contribution >= 4 is 11.6 Å². The summed E-state index contributed by atoms with van der Waals surface area (Å²) in [6.07, 6.45) is 1.64. The first-order valence-electron chi connectivity index (χ1n) is 6.73. The number of rotatable bonds is 5. The standard InChI is InChI=1S/C15H19ClFN3O/c1-9(2)20-15(12(21-4)8-19-20)14(18-3)10-6-5-7-11(16)13(10)17/h5-9,14,18H,1-4H3. The number of ether oxygens (including phenoxy) is 1. The lowest BCUT2D eigenvalue weighted by molar-refractivity contribution is 0.394. The predicted octanol–water partition coefficient (Wildman–Crippen LogP) is 3.57. The number of nitrogens with one attached hydrogen (secondary N) is 1. The van der Waals surface area contributed by atoms with Gasteiger partial charge in [0.15, 0.2) is 5.75 Å². The molecule has 0 saturated heterocycles. The zero-order valence-corrected chi connectivity index (χ0v) is 13.3. The van der Waals surface area contributed by atoms with Crippen LogP contribution < -0.4 is 10.1 Å². The number of nitrogens with zero attached hydrogens (tertiary/aromatic N) is 2. The lowest BCUT2D eigenvalue weighted by Gasteiger charge is -2.22. The van der Waals surface area contributed by atoms with Crippen LogP contribution >= 0.6 is 11.6 Å². The van der Waals surface area contributed by atoms with Crippen LogP contribution in [-0.2, 0) is 0 Å². The van der Waals surface area contributed by atoms with Gasteiger partial charge in [-0.05, 0) is 27.0 Å². The van der Waals surface area contributed by atoms with E-state index in [1.807, 2.05) is 18.5 Å². The number of benzene rings is 1. The SMILES string of the molecule is CNC(c1cccc(Cl)c1F)c1c(OC)cnn1C(C)C. The van der Waals surface area contributed by atoms with Crippen molar-refractivity contribution in [2.75, 3.05) is 14.2 Å².